The van der Waals surface area contributed by atoms with E-state index >= 15 is 0 Å². The van der Waals surface area contributed by atoms with E-state index in [9.17, 15) is 4.79 Å². The van der Waals surface area contributed by atoms with Gasteiger partial charge in [0.1, 0.15) is 0 Å². The molecular formula is C24H22N4O2S. The minimum absolute atomic E-state index is 0.233. The van der Waals surface area contributed by atoms with Crippen molar-refractivity contribution < 1.29 is 9.63 Å². The number of nitrogens with zero attached hydrogens (tertiary/aromatic N) is 2. The van der Waals surface area contributed by atoms with Crippen LogP contribution in [0.4, 0.5) is 16.5 Å². The lowest BCUT2D eigenvalue weighted by Gasteiger charge is -2.18. The SMILES string of the molecule is CON(Cc1ccc(C=CC(=O)Nc2ccccc2N)cc1)c1nc2ccccc2s1. The highest BCUT2D eigenvalue weighted by Crippen LogP contribution is 2.29. The number of hydroxylamine groups is 1. The summed E-state index contributed by atoms with van der Waals surface area (Å²) in [5.74, 6) is -0.233. The third kappa shape index (κ3) is 5.09. The molecule has 4 rings (SSSR count). The lowest BCUT2D eigenvalue weighted by molar-refractivity contribution is -0.111. The highest BCUT2D eigenvalue weighted by Gasteiger charge is 2.12. The first kappa shape index (κ1) is 20.6. The normalized spacial score (nSPS) is 11.1. The van der Waals surface area contributed by atoms with Gasteiger partial charge in [-0.15, -0.1) is 0 Å². The summed E-state index contributed by atoms with van der Waals surface area (Å²) in [5, 5.41) is 5.36. The third-order valence-electron chi connectivity index (χ3n) is 4.67. The molecule has 0 unspecified atom stereocenters. The van der Waals surface area contributed by atoms with E-state index in [0.717, 1.165) is 26.5 Å². The second kappa shape index (κ2) is 9.42. The Morgan fingerprint density at radius 2 is 1.84 bits per heavy atom. The average Bonchev–Trinajstić information content (AvgIpc) is 3.22. The fourth-order valence-corrected chi connectivity index (χ4v) is 3.98. The zero-order valence-electron chi connectivity index (χ0n) is 17.0. The molecule has 1 heterocycles. The van der Waals surface area contributed by atoms with Crippen LogP contribution in [0.25, 0.3) is 16.3 Å². The predicted molar refractivity (Wildman–Crippen MR) is 128 cm³/mol. The summed E-state index contributed by atoms with van der Waals surface area (Å²) in [6.07, 6.45) is 3.25. The second-order valence-corrected chi connectivity index (χ2v) is 7.84. The van der Waals surface area contributed by atoms with Crippen molar-refractivity contribution in [2.45, 2.75) is 6.54 Å². The van der Waals surface area contributed by atoms with E-state index < -0.39 is 0 Å². The number of hydrogen-bond acceptors (Lipinski definition) is 6. The molecule has 0 radical (unpaired) electrons. The van der Waals surface area contributed by atoms with Gasteiger partial charge in [0.05, 0.1) is 35.2 Å². The van der Waals surface area contributed by atoms with E-state index in [4.69, 9.17) is 10.6 Å². The Hall–Kier alpha value is -3.68. The maximum Gasteiger partial charge on any atom is 0.248 e. The highest BCUT2D eigenvalue weighted by molar-refractivity contribution is 7.22. The number of nitrogens with two attached hydrogens (primary N) is 1. The summed E-state index contributed by atoms with van der Waals surface area (Å²) in [5.41, 5.74) is 9.93. The molecule has 0 aliphatic rings. The fourth-order valence-electron chi connectivity index (χ4n) is 3.03. The van der Waals surface area contributed by atoms with Crippen LogP contribution >= 0.6 is 11.3 Å². The van der Waals surface area contributed by atoms with E-state index in [2.05, 4.69) is 10.3 Å². The van der Waals surface area contributed by atoms with Crippen molar-refractivity contribution in [3.63, 3.8) is 0 Å². The lowest BCUT2D eigenvalue weighted by atomic mass is 10.1. The molecule has 31 heavy (non-hydrogen) atoms. The number of nitrogen functional groups attached to an aromatic ring is 1. The van der Waals surface area contributed by atoms with Crippen LogP contribution in [-0.4, -0.2) is 18.0 Å². The molecule has 6 nitrogen and oxygen atoms in total. The monoisotopic (exact) mass is 430 g/mol. The zero-order chi connectivity index (χ0) is 21.6. The largest absolute Gasteiger partial charge is 0.397 e. The molecule has 0 aliphatic carbocycles. The van der Waals surface area contributed by atoms with Gasteiger partial charge in [0, 0.05) is 6.08 Å². The van der Waals surface area contributed by atoms with E-state index in [1.807, 2.05) is 60.7 Å². The summed E-state index contributed by atoms with van der Waals surface area (Å²) < 4.78 is 1.12. The molecular weight excluding hydrogens is 408 g/mol. The Morgan fingerprint density at radius 1 is 1.10 bits per heavy atom. The van der Waals surface area contributed by atoms with Gasteiger partial charge in [-0.2, -0.15) is 0 Å². The number of para-hydroxylation sites is 3. The summed E-state index contributed by atoms with van der Waals surface area (Å²) >= 11 is 1.59. The van der Waals surface area contributed by atoms with Crippen molar-refractivity contribution in [1.29, 1.82) is 0 Å². The first-order chi connectivity index (χ1) is 15.1. The lowest BCUT2D eigenvalue weighted by Crippen LogP contribution is -2.20. The van der Waals surface area contributed by atoms with Gasteiger partial charge in [-0.05, 0) is 41.5 Å². The topological polar surface area (TPSA) is 80.5 Å². The van der Waals surface area contributed by atoms with Gasteiger partial charge >= 0.3 is 0 Å². The summed E-state index contributed by atoms with van der Waals surface area (Å²) in [6.45, 7) is 0.564. The molecule has 1 amide bonds. The van der Waals surface area contributed by atoms with Gasteiger partial charge in [-0.25, -0.2) is 10.0 Å². The van der Waals surface area contributed by atoms with Crippen LogP contribution in [0, 0.1) is 0 Å². The standard InChI is InChI=1S/C24H22N4O2S/c1-30-28(24-27-21-8-4-5-9-22(21)31-24)16-18-12-10-17(11-13-18)14-15-23(29)26-20-7-3-2-6-19(20)25/h2-15H,16,25H2,1H3,(H,26,29). The molecule has 156 valence electrons. The molecule has 0 saturated carbocycles. The maximum atomic E-state index is 12.1. The molecule has 0 bridgehead atoms. The van der Waals surface area contributed by atoms with E-state index in [1.165, 1.54) is 6.08 Å². The second-order valence-electron chi connectivity index (χ2n) is 6.83. The van der Waals surface area contributed by atoms with Crippen LogP contribution in [0.15, 0.2) is 78.9 Å². The van der Waals surface area contributed by atoms with Crippen LogP contribution in [0.1, 0.15) is 11.1 Å². The molecule has 4 aromatic rings. The van der Waals surface area contributed by atoms with Crippen LogP contribution in [0.5, 0.6) is 0 Å². The molecule has 7 heteroatoms. The van der Waals surface area contributed by atoms with Crippen molar-refractivity contribution in [3.8, 4) is 0 Å². The smallest absolute Gasteiger partial charge is 0.248 e. The first-order valence-electron chi connectivity index (χ1n) is 9.72. The van der Waals surface area contributed by atoms with Crippen molar-refractivity contribution in [2.75, 3.05) is 23.2 Å². The van der Waals surface area contributed by atoms with Gasteiger partial charge < -0.3 is 11.1 Å². The quantitative estimate of drug-likeness (QED) is 0.242. The highest BCUT2D eigenvalue weighted by atomic mass is 32.1. The average molecular weight is 431 g/mol. The number of benzene rings is 3. The first-order valence-corrected chi connectivity index (χ1v) is 10.5. The van der Waals surface area contributed by atoms with Crippen molar-refractivity contribution in [3.05, 3.63) is 90.0 Å². The summed E-state index contributed by atoms with van der Waals surface area (Å²) in [7, 11) is 1.64. The van der Waals surface area contributed by atoms with Crippen molar-refractivity contribution >= 4 is 50.0 Å². The fraction of sp³-hybridized carbons (Fsp3) is 0.0833. The number of amides is 1. The molecule has 0 fully saturated rings. The molecule has 0 saturated heterocycles. The number of fused-ring (bicyclic) bond motifs is 1. The Balaban J connectivity index is 1.39. The number of rotatable bonds is 7. The summed E-state index contributed by atoms with van der Waals surface area (Å²) in [6, 6.07) is 23.1. The Kier molecular flexibility index (Phi) is 6.26. The maximum absolute atomic E-state index is 12.1. The minimum Gasteiger partial charge on any atom is -0.397 e. The number of nitrogens with one attached hydrogen (secondary N) is 1. The van der Waals surface area contributed by atoms with Crippen LogP contribution in [-0.2, 0) is 16.2 Å². The molecule has 0 aliphatic heterocycles. The summed E-state index contributed by atoms with van der Waals surface area (Å²) in [4.78, 5) is 22.3. The van der Waals surface area contributed by atoms with Crippen LogP contribution in [0.2, 0.25) is 0 Å². The Bertz CT molecular complexity index is 1180. The number of carbonyl (C=O) groups is 1. The van der Waals surface area contributed by atoms with E-state index in [0.29, 0.717) is 17.9 Å². The Morgan fingerprint density at radius 3 is 2.58 bits per heavy atom. The molecule has 3 N–H and O–H groups in total. The van der Waals surface area contributed by atoms with Crippen molar-refractivity contribution in [2.24, 2.45) is 0 Å². The van der Waals surface area contributed by atoms with Gasteiger partial charge in [0.2, 0.25) is 11.0 Å². The number of anilines is 3. The zero-order valence-corrected chi connectivity index (χ0v) is 17.8. The van der Waals surface area contributed by atoms with Gasteiger partial charge in [-0.1, -0.05) is 59.9 Å². The molecule has 0 spiro atoms. The number of thiazole rings is 1. The number of aromatic nitrogens is 1. The Labute approximate surface area is 184 Å². The van der Waals surface area contributed by atoms with Crippen molar-refractivity contribution in [1.82, 2.24) is 4.98 Å². The van der Waals surface area contributed by atoms with E-state index in [1.54, 1.807) is 41.7 Å². The van der Waals surface area contributed by atoms with Gasteiger partial charge in [0.25, 0.3) is 0 Å². The third-order valence-corrected chi connectivity index (χ3v) is 5.71. The molecule has 1 aromatic heterocycles. The number of carbonyl (C=O) groups excluding carboxylic acids is 1. The molecule has 0 atom stereocenters. The minimum atomic E-state index is -0.233. The molecule has 3 aromatic carbocycles. The van der Waals surface area contributed by atoms with Gasteiger partial charge in [-0.3, -0.25) is 9.63 Å². The van der Waals surface area contributed by atoms with Crippen LogP contribution in [0.3, 0.4) is 0 Å². The van der Waals surface area contributed by atoms with Gasteiger partial charge in [0.15, 0.2) is 0 Å². The number of hydrogen-bond donors (Lipinski definition) is 2. The predicted octanol–water partition coefficient (Wildman–Crippen LogP) is 5.10. The van der Waals surface area contributed by atoms with E-state index in [-0.39, 0.29) is 5.91 Å². The van der Waals surface area contributed by atoms with Crippen LogP contribution < -0.4 is 16.1 Å².